The normalized spacial score (nSPS) is 27.1. The molecule has 7 heteroatoms. The highest BCUT2D eigenvalue weighted by molar-refractivity contribution is 5.93. The molecule has 134 valence electrons. The van der Waals surface area contributed by atoms with E-state index in [0.29, 0.717) is 25.8 Å². The summed E-state index contributed by atoms with van der Waals surface area (Å²) < 4.78 is 10.2. The maximum Gasteiger partial charge on any atom is 0.408 e. The summed E-state index contributed by atoms with van der Waals surface area (Å²) in [6.07, 6.45) is 5.16. The molecule has 0 bridgehead atoms. The average molecular weight is 338 g/mol. The number of fused-ring (bicyclic) bond motifs is 1. The van der Waals surface area contributed by atoms with Crippen molar-refractivity contribution in [3.05, 3.63) is 12.2 Å². The summed E-state index contributed by atoms with van der Waals surface area (Å²) in [6, 6.07) is -0.751. The third-order valence-corrected chi connectivity index (χ3v) is 4.30. The van der Waals surface area contributed by atoms with Gasteiger partial charge in [0.1, 0.15) is 17.2 Å². The Morgan fingerprint density at radius 3 is 2.67 bits per heavy atom. The van der Waals surface area contributed by atoms with Gasteiger partial charge in [0, 0.05) is 6.54 Å². The molecule has 2 aliphatic rings. The number of hydrogen-bond acceptors (Lipinski definition) is 5. The number of carbonyl (C=O) groups is 3. The van der Waals surface area contributed by atoms with Crippen molar-refractivity contribution >= 4 is 18.0 Å². The highest BCUT2D eigenvalue weighted by Crippen LogP contribution is 2.36. The molecule has 2 aliphatic heterocycles. The van der Waals surface area contributed by atoms with E-state index in [0.717, 1.165) is 6.42 Å². The molecule has 0 aromatic carbocycles. The number of ether oxygens (including phenoxy) is 2. The minimum absolute atomic E-state index is 0.270. The number of amides is 2. The summed E-state index contributed by atoms with van der Waals surface area (Å²) in [6.45, 7) is 5.76. The van der Waals surface area contributed by atoms with E-state index in [1.54, 1.807) is 25.7 Å². The first kappa shape index (κ1) is 18.3. The number of esters is 1. The topological polar surface area (TPSA) is 84.9 Å². The van der Waals surface area contributed by atoms with E-state index < -0.39 is 29.2 Å². The van der Waals surface area contributed by atoms with Gasteiger partial charge in [-0.2, -0.15) is 0 Å². The maximum absolute atomic E-state index is 12.9. The molecule has 2 heterocycles. The van der Waals surface area contributed by atoms with Crippen molar-refractivity contribution in [2.45, 2.75) is 63.6 Å². The van der Waals surface area contributed by atoms with Crippen LogP contribution in [0.15, 0.2) is 12.2 Å². The summed E-state index contributed by atoms with van der Waals surface area (Å²) in [7, 11) is 1.33. The zero-order valence-corrected chi connectivity index (χ0v) is 14.8. The minimum atomic E-state index is -0.962. The zero-order valence-electron chi connectivity index (χ0n) is 14.8. The maximum atomic E-state index is 12.9. The summed E-state index contributed by atoms with van der Waals surface area (Å²) in [5, 5.41) is 2.62. The van der Waals surface area contributed by atoms with E-state index in [1.165, 1.54) is 7.11 Å². The van der Waals surface area contributed by atoms with Gasteiger partial charge >= 0.3 is 12.1 Å². The van der Waals surface area contributed by atoms with Crippen molar-refractivity contribution in [2.75, 3.05) is 13.7 Å². The Labute approximate surface area is 142 Å². The van der Waals surface area contributed by atoms with Crippen LogP contribution >= 0.6 is 0 Å². The van der Waals surface area contributed by atoms with Gasteiger partial charge in [-0.1, -0.05) is 12.2 Å². The SMILES string of the molecule is COC(=O)[C@@]12CC=CCC(NC(=O)OC(C)(C)C)C(=O)N1CCC2. The third kappa shape index (κ3) is 3.71. The quantitative estimate of drug-likeness (QED) is 0.613. The van der Waals surface area contributed by atoms with E-state index in [-0.39, 0.29) is 5.91 Å². The predicted octanol–water partition coefficient (Wildman–Crippen LogP) is 1.76. The standard InChI is InChI=1S/C17H26N2O5/c1-16(2,3)24-15(22)18-12-8-5-6-9-17(14(21)23-4)10-7-11-19(17)13(12)20/h5-6,12H,7-11H2,1-4H3,(H,18,22)/t12?,17-/m0/s1. The van der Waals surface area contributed by atoms with Crippen LogP contribution in [0.25, 0.3) is 0 Å². The zero-order chi connectivity index (χ0) is 18.0. The first-order chi connectivity index (χ1) is 11.2. The molecule has 0 saturated carbocycles. The Morgan fingerprint density at radius 2 is 2.04 bits per heavy atom. The summed E-state index contributed by atoms with van der Waals surface area (Å²) in [5.74, 6) is -0.677. The van der Waals surface area contributed by atoms with Crippen LogP contribution in [0.1, 0.15) is 46.5 Å². The molecule has 7 nitrogen and oxygen atoms in total. The molecule has 0 aromatic heterocycles. The summed E-state index contributed by atoms with van der Waals surface area (Å²) in [5.41, 5.74) is -1.61. The molecular formula is C17H26N2O5. The van der Waals surface area contributed by atoms with E-state index in [2.05, 4.69) is 5.32 Å². The van der Waals surface area contributed by atoms with Crippen molar-refractivity contribution in [3.63, 3.8) is 0 Å². The first-order valence-electron chi connectivity index (χ1n) is 8.24. The number of methoxy groups -OCH3 is 1. The van der Waals surface area contributed by atoms with Crippen molar-refractivity contribution in [1.29, 1.82) is 0 Å². The molecule has 1 fully saturated rings. The lowest BCUT2D eigenvalue weighted by molar-refractivity contribution is -0.160. The molecule has 1 saturated heterocycles. The van der Waals surface area contributed by atoms with Crippen molar-refractivity contribution in [2.24, 2.45) is 0 Å². The van der Waals surface area contributed by atoms with Gasteiger partial charge in [0.2, 0.25) is 5.91 Å². The van der Waals surface area contributed by atoms with Gasteiger partial charge in [-0.3, -0.25) is 4.79 Å². The van der Waals surface area contributed by atoms with Crippen LogP contribution in [0.2, 0.25) is 0 Å². The monoisotopic (exact) mass is 338 g/mol. The number of nitrogens with one attached hydrogen (secondary N) is 1. The molecule has 0 aromatic rings. The van der Waals surface area contributed by atoms with Gasteiger partial charge in [0.05, 0.1) is 7.11 Å². The smallest absolute Gasteiger partial charge is 0.408 e. The largest absolute Gasteiger partial charge is 0.467 e. The molecule has 24 heavy (non-hydrogen) atoms. The molecule has 1 unspecified atom stereocenters. The Morgan fingerprint density at radius 1 is 1.33 bits per heavy atom. The van der Waals surface area contributed by atoms with Gasteiger partial charge in [0.15, 0.2) is 0 Å². The van der Waals surface area contributed by atoms with Gasteiger partial charge < -0.3 is 19.7 Å². The fourth-order valence-electron chi connectivity index (χ4n) is 3.27. The molecule has 2 rings (SSSR count). The summed E-state index contributed by atoms with van der Waals surface area (Å²) in [4.78, 5) is 38.8. The molecule has 0 aliphatic carbocycles. The van der Waals surface area contributed by atoms with Crippen molar-refractivity contribution in [1.82, 2.24) is 10.2 Å². The lowest BCUT2D eigenvalue weighted by Crippen LogP contribution is -2.59. The molecule has 1 N–H and O–H groups in total. The number of hydrogen-bond donors (Lipinski definition) is 1. The van der Waals surface area contributed by atoms with Gasteiger partial charge in [0.25, 0.3) is 0 Å². The Hall–Kier alpha value is -2.05. The van der Waals surface area contributed by atoms with E-state index in [1.807, 2.05) is 12.2 Å². The van der Waals surface area contributed by atoms with Crippen molar-refractivity contribution in [3.8, 4) is 0 Å². The number of carbonyl (C=O) groups excluding carboxylic acids is 3. The van der Waals surface area contributed by atoms with Crippen molar-refractivity contribution < 1.29 is 23.9 Å². The number of alkyl carbamates (subject to hydrolysis) is 1. The highest BCUT2D eigenvalue weighted by Gasteiger charge is 2.51. The van der Waals surface area contributed by atoms with Crippen LogP contribution in [0.3, 0.4) is 0 Å². The molecule has 2 amide bonds. The van der Waals surface area contributed by atoms with E-state index in [9.17, 15) is 14.4 Å². The van der Waals surface area contributed by atoms with Crippen LogP contribution in [-0.2, 0) is 19.1 Å². The second-order valence-electron chi connectivity index (χ2n) is 7.23. The van der Waals surface area contributed by atoms with Gasteiger partial charge in [-0.25, -0.2) is 9.59 Å². The molecular weight excluding hydrogens is 312 g/mol. The second kappa shape index (κ2) is 6.83. The lowest BCUT2D eigenvalue weighted by Gasteiger charge is -2.38. The number of rotatable bonds is 2. The van der Waals surface area contributed by atoms with Crippen LogP contribution in [0, 0.1) is 0 Å². The minimum Gasteiger partial charge on any atom is -0.467 e. The predicted molar refractivity (Wildman–Crippen MR) is 87.2 cm³/mol. The van der Waals surface area contributed by atoms with E-state index in [4.69, 9.17) is 9.47 Å². The Balaban J connectivity index is 2.20. The van der Waals surface area contributed by atoms with Gasteiger partial charge in [-0.05, 0) is 46.5 Å². The third-order valence-electron chi connectivity index (χ3n) is 4.30. The molecule has 0 spiro atoms. The Bertz CT molecular complexity index is 552. The fraction of sp³-hybridized carbons (Fsp3) is 0.706. The highest BCUT2D eigenvalue weighted by atomic mass is 16.6. The average Bonchev–Trinajstić information content (AvgIpc) is 2.90. The van der Waals surface area contributed by atoms with Crippen LogP contribution in [0.4, 0.5) is 4.79 Å². The summed E-state index contributed by atoms with van der Waals surface area (Å²) >= 11 is 0. The lowest BCUT2D eigenvalue weighted by atomic mass is 9.89. The molecule has 2 atom stereocenters. The molecule has 0 radical (unpaired) electrons. The number of nitrogens with zero attached hydrogens (tertiary/aromatic N) is 1. The second-order valence-corrected chi connectivity index (χ2v) is 7.23. The first-order valence-corrected chi connectivity index (χ1v) is 8.24. The fourth-order valence-corrected chi connectivity index (χ4v) is 3.27. The van der Waals surface area contributed by atoms with Gasteiger partial charge in [-0.15, -0.1) is 0 Å². The van der Waals surface area contributed by atoms with E-state index >= 15 is 0 Å². The van der Waals surface area contributed by atoms with Crippen LogP contribution in [-0.4, -0.2) is 53.7 Å². The van der Waals surface area contributed by atoms with Crippen LogP contribution in [0.5, 0.6) is 0 Å². The van der Waals surface area contributed by atoms with Crippen LogP contribution < -0.4 is 5.32 Å². The Kier molecular flexibility index (Phi) is 5.20.